The van der Waals surface area contributed by atoms with Crippen LogP contribution in [0.15, 0.2) is 66.7 Å². The van der Waals surface area contributed by atoms with Crippen LogP contribution in [0.5, 0.6) is 0 Å². The molecule has 3 nitrogen and oxygen atoms in total. The Hall–Kier alpha value is -2.98. The molecule has 0 radical (unpaired) electrons. The number of benzene rings is 3. The molecule has 0 aliphatic heterocycles. The van der Waals surface area contributed by atoms with Gasteiger partial charge in [-0.15, -0.1) is 11.3 Å². The average molecular weight is 358 g/mol. The van der Waals surface area contributed by atoms with Gasteiger partial charge in [-0.1, -0.05) is 48.5 Å². The van der Waals surface area contributed by atoms with E-state index in [0.717, 1.165) is 32.7 Å². The van der Waals surface area contributed by atoms with Gasteiger partial charge in [-0.05, 0) is 37.4 Å². The van der Waals surface area contributed by atoms with E-state index < -0.39 is 0 Å². The van der Waals surface area contributed by atoms with Crippen LogP contribution in [0.25, 0.3) is 22.0 Å². The third-order valence-corrected chi connectivity index (χ3v) is 5.25. The third kappa shape index (κ3) is 3.11. The van der Waals surface area contributed by atoms with Gasteiger partial charge in [0.1, 0.15) is 0 Å². The highest BCUT2D eigenvalue weighted by molar-refractivity contribution is 7.11. The topological polar surface area (TPSA) is 42.0 Å². The minimum Gasteiger partial charge on any atom is -0.321 e. The number of fused-ring (bicyclic) bond motifs is 1. The Kier molecular flexibility index (Phi) is 4.27. The van der Waals surface area contributed by atoms with E-state index in [1.165, 1.54) is 4.88 Å². The summed E-state index contributed by atoms with van der Waals surface area (Å²) >= 11 is 1.69. The first-order chi connectivity index (χ1) is 12.6. The second-order valence-corrected chi connectivity index (χ2v) is 7.60. The summed E-state index contributed by atoms with van der Waals surface area (Å²) in [6.45, 7) is 4.08. The second-order valence-electron chi connectivity index (χ2n) is 6.20. The molecule has 128 valence electrons. The maximum absolute atomic E-state index is 12.7. The summed E-state index contributed by atoms with van der Waals surface area (Å²) in [5.41, 5.74) is 3.48. The van der Waals surface area contributed by atoms with Crippen LogP contribution in [0.3, 0.4) is 0 Å². The molecule has 1 N–H and O–H groups in total. The van der Waals surface area contributed by atoms with Gasteiger partial charge in [0, 0.05) is 27.1 Å². The normalized spacial score (nSPS) is 10.8. The lowest BCUT2D eigenvalue weighted by Gasteiger charge is -2.09. The van der Waals surface area contributed by atoms with Gasteiger partial charge >= 0.3 is 0 Å². The standard InChI is InChI=1S/C22H18N2OS/c1-14-21(23-15(2)26-14)17-10-12-18(13-11-17)22(25)24-20-9-5-7-16-6-3-4-8-19(16)20/h3-13H,1-2H3,(H,24,25). The van der Waals surface area contributed by atoms with Crippen molar-refractivity contribution in [2.75, 3.05) is 5.32 Å². The van der Waals surface area contributed by atoms with Crippen LogP contribution in [0, 0.1) is 13.8 Å². The Balaban J connectivity index is 1.59. The van der Waals surface area contributed by atoms with Crippen molar-refractivity contribution in [3.05, 3.63) is 82.2 Å². The molecule has 4 aromatic rings. The average Bonchev–Trinajstić information content (AvgIpc) is 3.00. The van der Waals surface area contributed by atoms with Gasteiger partial charge < -0.3 is 5.32 Å². The zero-order chi connectivity index (χ0) is 18.1. The Morgan fingerprint density at radius 2 is 1.65 bits per heavy atom. The summed E-state index contributed by atoms with van der Waals surface area (Å²) in [6.07, 6.45) is 0. The lowest BCUT2D eigenvalue weighted by atomic mass is 10.1. The van der Waals surface area contributed by atoms with E-state index in [9.17, 15) is 4.79 Å². The van der Waals surface area contributed by atoms with Crippen molar-refractivity contribution in [1.82, 2.24) is 4.98 Å². The van der Waals surface area contributed by atoms with E-state index in [1.54, 1.807) is 11.3 Å². The summed E-state index contributed by atoms with van der Waals surface area (Å²) in [5.74, 6) is -0.112. The summed E-state index contributed by atoms with van der Waals surface area (Å²) < 4.78 is 0. The zero-order valence-corrected chi connectivity index (χ0v) is 15.4. The molecule has 0 fully saturated rings. The Morgan fingerprint density at radius 1 is 0.923 bits per heavy atom. The molecule has 4 rings (SSSR count). The number of nitrogens with one attached hydrogen (secondary N) is 1. The molecule has 1 amide bonds. The lowest BCUT2D eigenvalue weighted by molar-refractivity contribution is 0.102. The van der Waals surface area contributed by atoms with Crippen molar-refractivity contribution in [3.63, 3.8) is 0 Å². The number of rotatable bonds is 3. The van der Waals surface area contributed by atoms with Gasteiger partial charge in [-0.3, -0.25) is 4.79 Å². The highest BCUT2D eigenvalue weighted by atomic mass is 32.1. The molecule has 0 spiro atoms. The minimum atomic E-state index is -0.112. The van der Waals surface area contributed by atoms with Gasteiger partial charge in [0.25, 0.3) is 5.91 Å². The van der Waals surface area contributed by atoms with Gasteiger partial charge in [-0.25, -0.2) is 4.98 Å². The minimum absolute atomic E-state index is 0.112. The first kappa shape index (κ1) is 16.5. The molecule has 3 aromatic carbocycles. The predicted molar refractivity (Wildman–Crippen MR) is 109 cm³/mol. The fraction of sp³-hybridized carbons (Fsp3) is 0.0909. The van der Waals surface area contributed by atoms with Crippen molar-refractivity contribution in [2.24, 2.45) is 0 Å². The van der Waals surface area contributed by atoms with E-state index in [2.05, 4.69) is 17.2 Å². The Morgan fingerprint density at radius 3 is 2.38 bits per heavy atom. The number of carbonyl (C=O) groups is 1. The van der Waals surface area contributed by atoms with Crippen molar-refractivity contribution < 1.29 is 4.79 Å². The van der Waals surface area contributed by atoms with E-state index in [-0.39, 0.29) is 5.91 Å². The molecule has 0 unspecified atom stereocenters. The van der Waals surface area contributed by atoms with Gasteiger partial charge in [0.15, 0.2) is 0 Å². The Labute approximate surface area is 156 Å². The maximum Gasteiger partial charge on any atom is 0.255 e. The van der Waals surface area contributed by atoms with Crippen LogP contribution in [-0.4, -0.2) is 10.9 Å². The molecule has 26 heavy (non-hydrogen) atoms. The van der Waals surface area contributed by atoms with Crippen LogP contribution in [0.2, 0.25) is 0 Å². The van der Waals surface area contributed by atoms with E-state index in [4.69, 9.17) is 0 Å². The van der Waals surface area contributed by atoms with Crippen molar-refractivity contribution in [1.29, 1.82) is 0 Å². The molecule has 1 aromatic heterocycles. The molecule has 1 heterocycles. The van der Waals surface area contributed by atoms with Crippen molar-refractivity contribution in [2.45, 2.75) is 13.8 Å². The molecule has 4 heteroatoms. The first-order valence-electron chi connectivity index (χ1n) is 8.45. The summed E-state index contributed by atoms with van der Waals surface area (Å²) in [6, 6.07) is 21.6. The van der Waals surface area contributed by atoms with E-state index >= 15 is 0 Å². The Bertz CT molecular complexity index is 1090. The van der Waals surface area contributed by atoms with Gasteiger partial charge in [0.2, 0.25) is 0 Å². The number of hydrogen-bond donors (Lipinski definition) is 1. The quantitative estimate of drug-likeness (QED) is 0.500. The van der Waals surface area contributed by atoms with E-state index in [1.807, 2.05) is 73.7 Å². The third-order valence-electron chi connectivity index (χ3n) is 4.36. The maximum atomic E-state index is 12.7. The molecule has 0 saturated heterocycles. The molecular weight excluding hydrogens is 340 g/mol. The first-order valence-corrected chi connectivity index (χ1v) is 9.27. The van der Waals surface area contributed by atoms with Crippen molar-refractivity contribution in [3.8, 4) is 11.3 Å². The summed E-state index contributed by atoms with van der Waals surface area (Å²) in [5, 5.41) is 6.22. The number of anilines is 1. The molecule has 0 atom stereocenters. The van der Waals surface area contributed by atoms with Crippen LogP contribution in [-0.2, 0) is 0 Å². The van der Waals surface area contributed by atoms with Crippen molar-refractivity contribution >= 4 is 33.7 Å². The van der Waals surface area contributed by atoms with Crippen LogP contribution in [0.4, 0.5) is 5.69 Å². The molecule has 0 aliphatic rings. The van der Waals surface area contributed by atoms with Gasteiger partial charge in [-0.2, -0.15) is 0 Å². The number of nitrogens with zero attached hydrogens (tertiary/aromatic N) is 1. The zero-order valence-electron chi connectivity index (χ0n) is 14.6. The summed E-state index contributed by atoms with van der Waals surface area (Å²) in [7, 11) is 0. The fourth-order valence-corrected chi connectivity index (χ4v) is 3.95. The molecule has 0 saturated carbocycles. The SMILES string of the molecule is Cc1nc(-c2ccc(C(=O)Nc3cccc4ccccc34)cc2)c(C)s1. The highest BCUT2D eigenvalue weighted by Gasteiger charge is 2.11. The number of aryl methyl sites for hydroxylation is 2. The van der Waals surface area contributed by atoms with Gasteiger partial charge in [0.05, 0.1) is 10.7 Å². The molecular formula is C22H18N2OS. The predicted octanol–water partition coefficient (Wildman–Crippen LogP) is 5.83. The van der Waals surface area contributed by atoms with Crippen LogP contribution >= 0.6 is 11.3 Å². The number of hydrogen-bond acceptors (Lipinski definition) is 3. The van der Waals surface area contributed by atoms with E-state index in [0.29, 0.717) is 5.56 Å². The second kappa shape index (κ2) is 6.73. The largest absolute Gasteiger partial charge is 0.321 e. The molecule has 0 bridgehead atoms. The monoisotopic (exact) mass is 358 g/mol. The number of amides is 1. The number of aromatic nitrogens is 1. The highest BCUT2D eigenvalue weighted by Crippen LogP contribution is 2.28. The summed E-state index contributed by atoms with van der Waals surface area (Å²) in [4.78, 5) is 18.4. The smallest absolute Gasteiger partial charge is 0.255 e. The van der Waals surface area contributed by atoms with Crippen LogP contribution in [0.1, 0.15) is 20.2 Å². The fourth-order valence-electron chi connectivity index (χ4n) is 3.11. The number of carbonyl (C=O) groups excluding carboxylic acids is 1. The molecule has 0 aliphatic carbocycles. The lowest BCUT2D eigenvalue weighted by Crippen LogP contribution is -2.12. The van der Waals surface area contributed by atoms with Crippen LogP contribution < -0.4 is 5.32 Å². The number of thiazole rings is 1.